The molecule has 5 nitrogen and oxygen atoms in total. The van der Waals surface area contributed by atoms with Gasteiger partial charge >= 0.3 is 0 Å². The van der Waals surface area contributed by atoms with E-state index < -0.39 is 0 Å². The lowest BCUT2D eigenvalue weighted by atomic mass is 10.2. The van der Waals surface area contributed by atoms with Gasteiger partial charge in [-0.2, -0.15) is 5.10 Å². The minimum atomic E-state index is 0.561. The molecule has 0 aliphatic carbocycles. The molecule has 0 atom stereocenters. The number of anilines is 1. The van der Waals surface area contributed by atoms with Gasteiger partial charge in [0, 0.05) is 26.3 Å². The molecule has 1 heterocycles. The molecule has 0 aliphatic heterocycles. The van der Waals surface area contributed by atoms with Crippen LogP contribution < -0.4 is 10.6 Å². The highest BCUT2D eigenvalue weighted by Crippen LogP contribution is 2.16. The average Bonchev–Trinajstić information content (AvgIpc) is 2.75. The molecule has 0 aliphatic rings. The SMILES string of the molecule is CN(Cc1ncnn1C)c1cccc(CN)c1. The molecular weight excluding hydrogens is 214 g/mol. The van der Waals surface area contributed by atoms with Gasteiger partial charge in [0.15, 0.2) is 0 Å². The van der Waals surface area contributed by atoms with E-state index in [0.717, 1.165) is 23.6 Å². The molecule has 0 unspecified atom stereocenters. The summed E-state index contributed by atoms with van der Waals surface area (Å²) < 4.78 is 1.78. The average molecular weight is 231 g/mol. The van der Waals surface area contributed by atoms with Crippen LogP contribution in [-0.2, 0) is 20.1 Å². The van der Waals surface area contributed by atoms with Gasteiger partial charge in [0.25, 0.3) is 0 Å². The first kappa shape index (κ1) is 11.6. The van der Waals surface area contributed by atoms with Crippen molar-refractivity contribution in [2.75, 3.05) is 11.9 Å². The highest BCUT2D eigenvalue weighted by molar-refractivity contribution is 5.47. The molecule has 2 aromatic rings. The second-order valence-corrected chi connectivity index (χ2v) is 4.03. The summed E-state index contributed by atoms with van der Waals surface area (Å²) in [7, 11) is 3.93. The van der Waals surface area contributed by atoms with Gasteiger partial charge in [0.2, 0.25) is 0 Å². The highest BCUT2D eigenvalue weighted by atomic mass is 15.3. The Bertz CT molecular complexity index is 491. The van der Waals surface area contributed by atoms with Crippen LogP contribution in [0.3, 0.4) is 0 Å². The van der Waals surface area contributed by atoms with Crippen LogP contribution in [0.2, 0.25) is 0 Å². The number of benzene rings is 1. The molecule has 0 saturated carbocycles. The molecule has 0 radical (unpaired) electrons. The van der Waals surface area contributed by atoms with Crippen LogP contribution in [0.1, 0.15) is 11.4 Å². The van der Waals surface area contributed by atoms with Crippen molar-refractivity contribution in [3.8, 4) is 0 Å². The van der Waals surface area contributed by atoms with Crippen molar-refractivity contribution >= 4 is 5.69 Å². The number of rotatable bonds is 4. The smallest absolute Gasteiger partial charge is 0.146 e. The van der Waals surface area contributed by atoms with Crippen molar-refractivity contribution in [1.82, 2.24) is 14.8 Å². The molecule has 0 fully saturated rings. The molecule has 0 saturated heterocycles. The maximum Gasteiger partial charge on any atom is 0.146 e. The Balaban J connectivity index is 2.14. The van der Waals surface area contributed by atoms with Gasteiger partial charge in [-0.15, -0.1) is 0 Å². The Hall–Kier alpha value is -1.88. The summed E-state index contributed by atoms with van der Waals surface area (Å²) in [5.41, 5.74) is 7.90. The lowest BCUT2D eigenvalue weighted by Gasteiger charge is -2.19. The van der Waals surface area contributed by atoms with E-state index in [1.54, 1.807) is 11.0 Å². The fourth-order valence-electron chi connectivity index (χ4n) is 1.69. The summed E-state index contributed by atoms with van der Waals surface area (Å²) in [6.45, 7) is 1.29. The third-order valence-corrected chi connectivity index (χ3v) is 2.77. The molecule has 2 rings (SSSR count). The Kier molecular flexibility index (Phi) is 3.39. The summed E-state index contributed by atoms with van der Waals surface area (Å²) in [4.78, 5) is 6.34. The molecule has 0 spiro atoms. The van der Waals surface area contributed by atoms with Crippen molar-refractivity contribution < 1.29 is 0 Å². The first-order chi connectivity index (χ1) is 8.20. The lowest BCUT2D eigenvalue weighted by Crippen LogP contribution is -2.19. The van der Waals surface area contributed by atoms with Crippen LogP contribution in [0, 0.1) is 0 Å². The predicted octanol–water partition coefficient (Wildman–Crippen LogP) is 0.910. The first-order valence-electron chi connectivity index (χ1n) is 5.53. The lowest BCUT2D eigenvalue weighted by molar-refractivity contribution is 0.688. The number of aryl methyl sites for hydroxylation is 1. The zero-order valence-corrected chi connectivity index (χ0v) is 10.2. The summed E-state index contributed by atoms with van der Waals surface area (Å²) in [6, 6.07) is 8.20. The van der Waals surface area contributed by atoms with Crippen LogP contribution in [0.25, 0.3) is 0 Å². The molecule has 0 bridgehead atoms. The third kappa shape index (κ3) is 2.62. The highest BCUT2D eigenvalue weighted by Gasteiger charge is 2.06. The molecule has 90 valence electrons. The van der Waals surface area contributed by atoms with Crippen LogP contribution in [0.5, 0.6) is 0 Å². The fraction of sp³-hybridized carbons (Fsp3) is 0.333. The standard InChI is InChI=1S/C12H17N5/c1-16(8-12-14-9-15-17(12)2)11-5-3-4-10(6-11)7-13/h3-6,9H,7-8,13H2,1-2H3. The maximum atomic E-state index is 5.63. The molecular formula is C12H17N5. The molecule has 5 heteroatoms. The van der Waals surface area contributed by atoms with E-state index in [1.165, 1.54) is 0 Å². The Morgan fingerprint density at radius 3 is 2.88 bits per heavy atom. The zero-order valence-electron chi connectivity index (χ0n) is 10.2. The minimum absolute atomic E-state index is 0.561. The van der Waals surface area contributed by atoms with Gasteiger partial charge in [0.1, 0.15) is 12.2 Å². The summed E-state index contributed by atoms with van der Waals surface area (Å²) >= 11 is 0. The third-order valence-electron chi connectivity index (χ3n) is 2.77. The summed E-state index contributed by atoms with van der Waals surface area (Å²) in [5, 5.41) is 4.06. The Labute approximate surface area is 101 Å². The van der Waals surface area contributed by atoms with E-state index in [4.69, 9.17) is 5.73 Å². The van der Waals surface area contributed by atoms with Crippen LogP contribution >= 0.6 is 0 Å². The van der Waals surface area contributed by atoms with E-state index in [9.17, 15) is 0 Å². The predicted molar refractivity (Wildman–Crippen MR) is 67.4 cm³/mol. The quantitative estimate of drug-likeness (QED) is 0.849. The summed E-state index contributed by atoms with van der Waals surface area (Å²) in [5.74, 6) is 0.936. The molecule has 1 aromatic heterocycles. The van der Waals surface area contributed by atoms with Gasteiger partial charge < -0.3 is 10.6 Å². The van der Waals surface area contributed by atoms with Crippen LogP contribution in [0.4, 0.5) is 5.69 Å². The second-order valence-electron chi connectivity index (χ2n) is 4.03. The topological polar surface area (TPSA) is 60.0 Å². The van der Waals surface area contributed by atoms with E-state index in [0.29, 0.717) is 6.54 Å². The van der Waals surface area contributed by atoms with E-state index >= 15 is 0 Å². The number of hydrogen-bond donors (Lipinski definition) is 1. The van der Waals surface area contributed by atoms with Crippen molar-refractivity contribution in [2.24, 2.45) is 12.8 Å². The molecule has 2 N–H and O–H groups in total. The monoisotopic (exact) mass is 231 g/mol. The van der Waals surface area contributed by atoms with Crippen molar-refractivity contribution in [3.63, 3.8) is 0 Å². The van der Waals surface area contributed by atoms with Crippen molar-refractivity contribution in [2.45, 2.75) is 13.1 Å². The van der Waals surface area contributed by atoms with E-state index in [2.05, 4.69) is 27.1 Å². The van der Waals surface area contributed by atoms with Gasteiger partial charge in [-0.05, 0) is 17.7 Å². The maximum absolute atomic E-state index is 5.63. The molecule has 17 heavy (non-hydrogen) atoms. The Morgan fingerprint density at radius 1 is 1.41 bits per heavy atom. The molecule has 1 aromatic carbocycles. The number of nitrogens with zero attached hydrogens (tertiary/aromatic N) is 4. The first-order valence-corrected chi connectivity index (χ1v) is 5.53. The minimum Gasteiger partial charge on any atom is -0.367 e. The summed E-state index contributed by atoms with van der Waals surface area (Å²) in [6.07, 6.45) is 1.57. The number of nitrogens with two attached hydrogens (primary N) is 1. The van der Waals surface area contributed by atoms with Crippen LogP contribution in [0.15, 0.2) is 30.6 Å². The largest absolute Gasteiger partial charge is 0.367 e. The van der Waals surface area contributed by atoms with E-state index in [-0.39, 0.29) is 0 Å². The van der Waals surface area contributed by atoms with Crippen LogP contribution in [-0.4, -0.2) is 21.8 Å². The normalized spacial score (nSPS) is 10.5. The zero-order chi connectivity index (χ0) is 12.3. The van der Waals surface area contributed by atoms with Gasteiger partial charge in [0.05, 0.1) is 6.54 Å². The second kappa shape index (κ2) is 4.97. The van der Waals surface area contributed by atoms with Crippen molar-refractivity contribution in [3.05, 3.63) is 42.0 Å². The molecule has 0 amide bonds. The fourth-order valence-corrected chi connectivity index (χ4v) is 1.69. The van der Waals surface area contributed by atoms with Crippen molar-refractivity contribution in [1.29, 1.82) is 0 Å². The van der Waals surface area contributed by atoms with Gasteiger partial charge in [-0.3, -0.25) is 4.68 Å². The van der Waals surface area contributed by atoms with E-state index in [1.807, 2.05) is 26.2 Å². The number of aromatic nitrogens is 3. The van der Waals surface area contributed by atoms with Gasteiger partial charge in [-0.1, -0.05) is 12.1 Å². The van der Waals surface area contributed by atoms with Gasteiger partial charge in [-0.25, -0.2) is 4.98 Å². The number of hydrogen-bond acceptors (Lipinski definition) is 4. The Morgan fingerprint density at radius 2 is 2.24 bits per heavy atom.